The first kappa shape index (κ1) is 17.0. The summed E-state index contributed by atoms with van der Waals surface area (Å²) in [5.74, 6) is -1.37. The highest BCUT2D eigenvalue weighted by Crippen LogP contribution is 2.31. The van der Waals surface area contributed by atoms with Crippen LogP contribution in [0.1, 0.15) is 28.8 Å². The lowest BCUT2D eigenvalue weighted by atomic mass is 10.0. The Morgan fingerprint density at radius 3 is 2.44 bits per heavy atom. The molecule has 25 heavy (non-hydrogen) atoms. The largest absolute Gasteiger partial charge is 0.497 e. The summed E-state index contributed by atoms with van der Waals surface area (Å²) in [7, 11) is 1.54. The Bertz CT molecular complexity index is 959. The van der Waals surface area contributed by atoms with Gasteiger partial charge in [0.1, 0.15) is 5.75 Å². The van der Waals surface area contributed by atoms with Gasteiger partial charge in [0.25, 0.3) is 5.91 Å². The van der Waals surface area contributed by atoms with Crippen LogP contribution in [0.2, 0.25) is 5.02 Å². The van der Waals surface area contributed by atoms with Crippen LogP contribution in [-0.4, -0.2) is 28.7 Å². The summed E-state index contributed by atoms with van der Waals surface area (Å²) < 4.78 is 6.69. The summed E-state index contributed by atoms with van der Waals surface area (Å²) in [6.45, 7) is 1.59. The topological polar surface area (TPSA) is 68.5 Å². The molecule has 0 saturated heterocycles. The second-order valence-electron chi connectivity index (χ2n) is 5.71. The van der Waals surface area contributed by atoms with Crippen molar-refractivity contribution in [3.05, 3.63) is 64.8 Å². The second kappa shape index (κ2) is 6.61. The molecule has 0 saturated carbocycles. The number of methoxy groups -OCH3 is 1. The zero-order valence-corrected chi connectivity index (χ0v) is 14.4. The Kier molecular flexibility index (Phi) is 4.51. The highest BCUT2D eigenvalue weighted by Gasteiger charge is 2.22. The van der Waals surface area contributed by atoms with E-state index in [0.29, 0.717) is 32.8 Å². The molecule has 1 heterocycles. The fourth-order valence-corrected chi connectivity index (χ4v) is 2.87. The molecule has 0 bridgehead atoms. The predicted molar refractivity (Wildman–Crippen MR) is 95.7 cm³/mol. The Labute approximate surface area is 149 Å². The van der Waals surface area contributed by atoms with Crippen LogP contribution in [0.15, 0.2) is 48.7 Å². The van der Waals surface area contributed by atoms with Crippen molar-refractivity contribution in [1.82, 2.24) is 4.57 Å². The molecule has 128 valence electrons. The Morgan fingerprint density at radius 2 is 1.84 bits per heavy atom. The number of aromatic nitrogens is 1. The molecule has 0 radical (unpaired) electrons. The number of benzene rings is 2. The van der Waals surface area contributed by atoms with Gasteiger partial charge in [0.15, 0.2) is 0 Å². The third kappa shape index (κ3) is 3.10. The van der Waals surface area contributed by atoms with Crippen molar-refractivity contribution in [1.29, 1.82) is 0 Å². The molecular formula is C19H16ClNO4. The zero-order chi connectivity index (χ0) is 18.1. The number of carboxylic acids is 1. The van der Waals surface area contributed by atoms with Crippen LogP contribution >= 0.6 is 11.6 Å². The summed E-state index contributed by atoms with van der Waals surface area (Å²) in [6.07, 6.45) is 1.58. The van der Waals surface area contributed by atoms with Crippen LogP contribution in [0.5, 0.6) is 5.75 Å². The van der Waals surface area contributed by atoms with Gasteiger partial charge < -0.3 is 9.84 Å². The van der Waals surface area contributed by atoms with Crippen LogP contribution in [0.25, 0.3) is 10.9 Å². The second-order valence-corrected chi connectivity index (χ2v) is 6.15. The molecule has 2 aromatic carbocycles. The van der Waals surface area contributed by atoms with Crippen molar-refractivity contribution < 1.29 is 19.4 Å². The average molecular weight is 358 g/mol. The maximum absolute atomic E-state index is 12.9. The molecule has 1 aromatic heterocycles. The van der Waals surface area contributed by atoms with Gasteiger partial charge in [0.2, 0.25) is 0 Å². The normalized spacial score (nSPS) is 12.1. The third-order valence-electron chi connectivity index (χ3n) is 4.19. The maximum atomic E-state index is 12.9. The fourth-order valence-electron chi connectivity index (χ4n) is 2.74. The van der Waals surface area contributed by atoms with Gasteiger partial charge in [0.05, 0.1) is 18.5 Å². The number of halogens is 1. The molecule has 1 unspecified atom stereocenters. The molecule has 0 aliphatic carbocycles. The summed E-state index contributed by atoms with van der Waals surface area (Å²) >= 11 is 5.87. The van der Waals surface area contributed by atoms with E-state index in [0.717, 1.165) is 0 Å². The Hall–Kier alpha value is -2.79. The number of fused-ring (bicyclic) bond motifs is 1. The minimum absolute atomic E-state index is 0.254. The monoisotopic (exact) mass is 357 g/mol. The summed E-state index contributed by atoms with van der Waals surface area (Å²) in [5, 5.41) is 10.6. The molecule has 0 spiro atoms. The van der Waals surface area contributed by atoms with Gasteiger partial charge in [-0.3, -0.25) is 14.2 Å². The van der Waals surface area contributed by atoms with Crippen LogP contribution in [0.3, 0.4) is 0 Å². The van der Waals surface area contributed by atoms with E-state index in [1.807, 2.05) is 0 Å². The summed E-state index contributed by atoms with van der Waals surface area (Å²) in [4.78, 5) is 24.3. The fraction of sp³-hybridized carbons (Fsp3) is 0.158. The zero-order valence-electron chi connectivity index (χ0n) is 13.7. The van der Waals surface area contributed by atoms with Crippen molar-refractivity contribution in [2.24, 2.45) is 0 Å². The number of aliphatic carboxylic acids is 1. The van der Waals surface area contributed by atoms with Gasteiger partial charge >= 0.3 is 5.97 Å². The van der Waals surface area contributed by atoms with Crippen molar-refractivity contribution in [2.45, 2.75) is 12.8 Å². The van der Waals surface area contributed by atoms with E-state index in [4.69, 9.17) is 16.3 Å². The molecule has 0 amide bonds. The van der Waals surface area contributed by atoms with Crippen molar-refractivity contribution >= 4 is 34.4 Å². The number of rotatable bonds is 4. The highest BCUT2D eigenvalue weighted by molar-refractivity contribution is 6.30. The summed E-state index contributed by atoms with van der Waals surface area (Å²) in [5.41, 5.74) is 1.65. The van der Waals surface area contributed by atoms with E-state index in [-0.39, 0.29) is 5.91 Å². The summed E-state index contributed by atoms with van der Waals surface area (Å²) in [6, 6.07) is 11.8. The van der Waals surface area contributed by atoms with E-state index in [1.54, 1.807) is 55.6 Å². The van der Waals surface area contributed by atoms with Crippen molar-refractivity contribution in [2.75, 3.05) is 7.11 Å². The molecular weight excluding hydrogens is 342 g/mol. The molecule has 0 aliphatic heterocycles. The van der Waals surface area contributed by atoms with E-state index in [2.05, 4.69) is 0 Å². The number of hydrogen-bond donors (Lipinski definition) is 1. The standard InChI is InChI=1S/C19H16ClNO4/c1-11(19(23)24)16-10-21(17-8-7-14(25-2)9-15(16)17)18(22)12-3-5-13(20)6-4-12/h3-11H,1-2H3,(H,23,24). The molecule has 1 N–H and O–H groups in total. The van der Waals surface area contributed by atoms with Gasteiger partial charge in [-0.05, 0) is 55.0 Å². The number of nitrogens with zero attached hydrogens (tertiary/aromatic N) is 1. The van der Waals surface area contributed by atoms with Gasteiger partial charge in [-0.25, -0.2) is 0 Å². The van der Waals surface area contributed by atoms with Crippen LogP contribution < -0.4 is 4.74 Å². The highest BCUT2D eigenvalue weighted by atomic mass is 35.5. The molecule has 6 heteroatoms. The lowest BCUT2D eigenvalue weighted by Gasteiger charge is -2.05. The van der Waals surface area contributed by atoms with E-state index in [1.165, 1.54) is 11.7 Å². The van der Waals surface area contributed by atoms with E-state index >= 15 is 0 Å². The molecule has 3 rings (SSSR count). The first-order valence-corrected chi connectivity index (χ1v) is 8.02. The third-order valence-corrected chi connectivity index (χ3v) is 4.44. The Balaban J connectivity index is 2.19. The minimum atomic E-state index is -0.958. The van der Waals surface area contributed by atoms with Crippen LogP contribution in [0, 0.1) is 0 Å². The van der Waals surface area contributed by atoms with E-state index in [9.17, 15) is 14.7 Å². The molecule has 0 fully saturated rings. The number of ether oxygens (including phenoxy) is 1. The molecule has 1 atom stereocenters. The number of hydrogen-bond acceptors (Lipinski definition) is 3. The number of carbonyl (C=O) groups is 2. The maximum Gasteiger partial charge on any atom is 0.310 e. The van der Waals surface area contributed by atoms with Gasteiger partial charge in [-0.15, -0.1) is 0 Å². The molecule has 0 aliphatic rings. The Morgan fingerprint density at radius 1 is 1.16 bits per heavy atom. The lowest BCUT2D eigenvalue weighted by molar-refractivity contribution is -0.138. The quantitative estimate of drug-likeness (QED) is 0.760. The van der Waals surface area contributed by atoms with Crippen LogP contribution in [-0.2, 0) is 4.79 Å². The molecule has 5 nitrogen and oxygen atoms in total. The van der Waals surface area contributed by atoms with Gasteiger partial charge in [-0.2, -0.15) is 0 Å². The van der Waals surface area contributed by atoms with Crippen molar-refractivity contribution in [3.63, 3.8) is 0 Å². The lowest BCUT2D eigenvalue weighted by Crippen LogP contribution is -2.11. The molecule has 3 aromatic rings. The van der Waals surface area contributed by atoms with Crippen LogP contribution in [0.4, 0.5) is 0 Å². The predicted octanol–water partition coefficient (Wildman–Crippen LogP) is 4.18. The smallest absolute Gasteiger partial charge is 0.310 e. The van der Waals surface area contributed by atoms with Gasteiger partial charge in [0, 0.05) is 22.2 Å². The number of carbonyl (C=O) groups excluding carboxylic acids is 1. The van der Waals surface area contributed by atoms with E-state index < -0.39 is 11.9 Å². The SMILES string of the molecule is COc1ccc2c(c1)c(C(C)C(=O)O)cn2C(=O)c1ccc(Cl)cc1. The first-order chi connectivity index (χ1) is 11.9. The number of carboxylic acid groups (broad SMARTS) is 1. The first-order valence-electron chi connectivity index (χ1n) is 7.64. The average Bonchev–Trinajstić information content (AvgIpc) is 2.99. The van der Waals surface area contributed by atoms with Gasteiger partial charge in [-0.1, -0.05) is 11.6 Å². The minimum Gasteiger partial charge on any atom is -0.497 e. The van der Waals surface area contributed by atoms with Crippen molar-refractivity contribution in [3.8, 4) is 5.75 Å².